The molecule has 0 spiro atoms. The van der Waals surface area contributed by atoms with Crippen LogP contribution < -0.4 is 10.6 Å². The number of likely N-dealkylation sites (N-methyl/N-ethyl adjacent to an activating group) is 1. The number of aryl methyl sites for hydroxylation is 1. The number of nitrogens with zero attached hydrogens (tertiary/aromatic N) is 1. The van der Waals surface area contributed by atoms with Gasteiger partial charge in [0.05, 0.1) is 0 Å². The van der Waals surface area contributed by atoms with Gasteiger partial charge in [0.1, 0.15) is 0 Å². The molecule has 110 valence electrons. The highest BCUT2D eigenvalue weighted by atomic mass is 16.1. The van der Waals surface area contributed by atoms with Crippen LogP contribution in [0.15, 0.2) is 18.2 Å². The van der Waals surface area contributed by atoms with Crippen molar-refractivity contribution in [3.63, 3.8) is 0 Å². The lowest BCUT2D eigenvalue weighted by atomic mass is 10.1. The molecular formula is C16H25N3O. The van der Waals surface area contributed by atoms with Crippen molar-refractivity contribution in [1.82, 2.24) is 10.2 Å². The maximum Gasteiger partial charge on any atom is 0.251 e. The maximum atomic E-state index is 12.2. The molecular weight excluding hydrogens is 250 g/mol. The van der Waals surface area contributed by atoms with Gasteiger partial charge < -0.3 is 15.5 Å². The van der Waals surface area contributed by atoms with Crippen molar-refractivity contribution in [2.24, 2.45) is 0 Å². The van der Waals surface area contributed by atoms with Gasteiger partial charge in [0.15, 0.2) is 0 Å². The van der Waals surface area contributed by atoms with Gasteiger partial charge in [0.25, 0.3) is 5.91 Å². The van der Waals surface area contributed by atoms with Gasteiger partial charge in [-0.15, -0.1) is 0 Å². The van der Waals surface area contributed by atoms with Crippen LogP contribution in [0.3, 0.4) is 0 Å². The third kappa shape index (κ3) is 3.51. The van der Waals surface area contributed by atoms with Crippen molar-refractivity contribution < 1.29 is 4.79 Å². The average molecular weight is 275 g/mol. The fraction of sp³-hybridized carbons (Fsp3) is 0.562. The topological polar surface area (TPSA) is 44.4 Å². The van der Waals surface area contributed by atoms with Gasteiger partial charge in [0, 0.05) is 30.4 Å². The van der Waals surface area contributed by atoms with Gasteiger partial charge in [-0.3, -0.25) is 4.79 Å². The first-order valence-corrected chi connectivity index (χ1v) is 7.44. The van der Waals surface area contributed by atoms with E-state index in [9.17, 15) is 4.79 Å². The lowest BCUT2D eigenvalue weighted by molar-refractivity contribution is 0.0943. The lowest BCUT2D eigenvalue weighted by Crippen LogP contribution is -2.38. The summed E-state index contributed by atoms with van der Waals surface area (Å²) in [5.41, 5.74) is 2.95. The summed E-state index contributed by atoms with van der Waals surface area (Å²) in [6.45, 7) is 6.86. The first kappa shape index (κ1) is 14.9. The summed E-state index contributed by atoms with van der Waals surface area (Å²) >= 11 is 0. The molecule has 20 heavy (non-hydrogen) atoms. The third-order valence-corrected chi connectivity index (χ3v) is 4.03. The van der Waals surface area contributed by atoms with Crippen molar-refractivity contribution in [1.29, 1.82) is 0 Å². The summed E-state index contributed by atoms with van der Waals surface area (Å²) < 4.78 is 0. The van der Waals surface area contributed by atoms with Crippen LogP contribution >= 0.6 is 0 Å². The predicted octanol–water partition coefficient (Wildman–Crippen LogP) is 2.25. The molecule has 1 aromatic carbocycles. The molecule has 1 heterocycles. The minimum atomic E-state index is 0.0245. The summed E-state index contributed by atoms with van der Waals surface area (Å²) in [5, 5.41) is 6.34. The van der Waals surface area contributed by atoms with Crippen molar-refractivity contribution in [2.45, 2.75) is 32.7 Å². The Balaban J connectivity index is 1.93. The zero-order chi connectivity index (χ0) is 14.5. The third-order valence-electron chi connectivity index (χ3n) is 4.03. The largest absolute Gasteiger partial charge is 0.385 e. The number of hydrogen-bond acceptors (Lipinski definition) is 3. The molecule has 0 saturated carbocycles. The Kier molecular flexibility index (Phi) is 5.01. The van der Waals surface area contributed by atoms with E-state index >= 15 is 0 Å². The molecule has 0 radical (unpaired) electrons. The maximum absolute atomic E-state index is 12.2. The van der Waals surface area contributed by atoms with Gasteiger partial charge in [-0.2, -0.15) is 0 Å². The lowest BCUT2D eigenvalue weighted by Gasteiger charge is -2.19. The summed E-state index contributed by atoms with van der Waals surface area (Å²) in [7, 11) is 2.12. The molecule has 2 N–H and O–H groups in total. The van der Waals surface area contributed by atoms with Crippen molar-refractivity contribution in [2.75, 3.05) is 32.0 Å². The highest BCUT2D eigenvalue weighted by Gasteiger charge is 2.21. The summed E-state index contributed by atoms with van der Waals surface area (Å²) in [6, 6.07) is 6.31. The normalized spacial score (nSPS) is 19.1. The van der Waals surface area contributed by atoms with Gasteiger partial charge in [-0.1, -0.05) is 0 Å². The van der Waals surface area contributed by atoms with E-state index in [4.69, 9.17) is 0 Å². The molecule has 4 nitrogen and oxygen atoms in total. The van der Waals surface area contributed by atoms with E-state index in [-0.39, 0.29) is 5.91 Å². The molecule has 1 fully saturated rings. The molecule has 0 bridgehead atoms. The number of carbonyl (C=O) groups excluding carboxylic acids is 1. The summed E-state index contributed by atoms with van der Waals surface area (Å²) in [5.74, 6) is 0.0245. The second-order valence-electron chi connectivity index (χ2n) is 5.55. The number of hydrogen-bond donors (Lipinski definition) is 2. The Morgan fingerprint density at radius 1 is 1.45 bits per heavy atom. The number of benzene rings is 1. The first-order valence-electron chi connectivity index (χ1n) is 7.44. The SMILES string of the molecule is CCNc1ccc(C(=O)NCC2CCCN2C)cc1C. The van der Waals surface area contributed by atoms with E-state index in [0.717, 1.165) is 36.4 Å². The van der Waals surface area contributed by atoms with Crippen LogP contribution in [-0.2, 0) is 0 Å². The van der Waals surface area contributed by atoms with Crippen LogP contribution in [0, 0.1) is 6.92 Å². The second-order valence-corrected chi connectivity index (χ2v) is 5.55. The summed E-state index contributed by atoms with van der Waals surface area (Å²) in [4.78, 5) is 14.5. The highest BCUT2D eigenvalue weighted by molar-refractivity contribution is 5.94. The number of carbonyl (C=O) groups is 1. The Morgan fingerprint density at radius 2 is 2.25 bits per heavy atom. The fourth-order valence-electron chi connectivity index (χ4n) is 2.74. The first-order chi connectivity index (χ1) is 9.61. The number of nitrogens with one attached hydrogen (secondary N) is 2. The Labute approximate surface area is 121 Å². The quantitative estimate of drug-likeness (QED) is 0.866. The standard InChI is InChI=1S/C16H25N3O/c1-4-17-15-8-7-13(10-12(15)2)16(20)18-11-14-6-5-9-19(14)3/h7-8,10,14,17H,4-6,9,11H2,1-3H3,(H,18,20). The van der Waals surface area contributed by atoms with Crippen LogP contribution in [0.4, 0.5) is 5.69 Å². The molecule has 4 heteroatoms. The van der Waals surface area contributed by atoms with Gasteiger partial charge in [-0.25, -0.2) is 0 Å². The van der Waals surface area contributed by atoms with Crippen LogP contribution in [0.1, 0.15) is 35.7 Å². The van der Waals surface area contributed by atoms with E-state index in [0.29, 0.717) is 6.04 Å². The van der Waals surface area contributed by atoms with Crippen molar-refractivity contribution >= 4 is 11.6 Å². The molecule has 1 aromatic rings. The van der Waals surface area contributed by atoms with E-state index in [1.807, 2.05) is 25.1 Å². The Morgan fingerprint density at radius 3 is 2.85 bits per heavy atom. The molecule has 1 amide bonds. The van der Waals surface area contributed by atoms with Crippen molar-refractivity contribution in [3.05, 3.63) is 29.3 Å². The number of likely N-dealkylation sites (tertiary alicyclic amines) is 1. The van der Waals surface area contributed by atoms with E-state index < -0.39 is 0 Å². The Bertz CT molecular complexity index is 473. The molecule has 2 rings (SSSR count). The van der Waals surface area contributed by atoms with Crippen LogP contribution in [0.5, 0.6) is 0 Å². The van der Waals surface area contributed by atoms with E-state index in [1.54, 1.807) is 0 Å². The average Bonchev–Trinajstić information content (AvgIpc) is 2.84. The smallest absolute Gasteiger partial charge is 0.251 e. The highest BCUT2D eigenvalue weighted by Crippen LogP contribution is 2.17. The number of rotatable bonds is 5. The van der Waals surface area contributed by atoms with Gasteiger partial charge in [-0.05, 0) is 64.0 Å². The molecule has 1 atom stereocenters. The predicted molar refractivity (Wildman–Crippen MR) is 83.3 cm³/mol. The molecule has 1 aliphatic heterocycles. The molecule has 1 aliphatic rings. The van der Waals surface area contributed by atoms with Gasteiger partial charge >= 0.3 is 0 Å². The zero-order valence-electron chi connectivity index (χ0n) is 12.7. The number of anilines is 1. The van der Waals surface area contributed by atoms with E-state index in [1.165, 1.54) is 12.8 Å². The van der Waals surface area contributed by atoms with Gasteiger partial charge in [0.2, 0.25) is 0 Å². The van der Waals surface area contributed by atoms with Crippen LogP contribution in [0.2, 0.25) is 0 Å². The van der Waals surface area contributed by atoms with Crippen molar-refractivity contribution in [3.8, 4) is 0 Å². The van der Waals surface area contributed by atoms with Crippen LogP contribution in [-0.4, -0.2) is 43.5 Å². The minimum Gasteiger partial charge on any atom is -0.385 e. The monoisotopic (exact) mass is 275 g/mol. The van der Waals surface area contributed by atoms with E-state index in [2.05, 4.69) is 29.5 Å². The zero-order valence-corrected chi connectivity index (χ0v) is 12.7. The fourth-order valence-corrected chi connectivity index (χ4v) is 2.74. The summed E-state index contributed by atoms with van der Waals surface area (Å²) in [6.07, 6.45) is 2.41. The molecule has 1 unspecified atom stereocenters. The molecule has 0 aromatic heterocycles. The van der Waals surface area contributed by atoms with Crippen LogP contribution in [0.25, 0.3) is 0 Å². The molecule has 0 aliphatic carbocycles. The Hall–Kier alpha value is -1.55. The second kappa shape index (κ2) is 6.75. The minimum absolute atomic E-state index is 0.0245. The number of amides is 1. The molecule has 1 saturated heterocycles.